The van der Waals surface area contributed by atoms with Gasteiger partial charge in [-0.2, -0.15) is 0 Å². The number of thiocarbonyl (C=S) groups is 1. The van der Waals surface area contributed by atoms with Crippen LogP contribution in [0.4, 0.5) is 0 Å². The molecule has 0 amide bonds. The maximum atomic E-state index is 9.99. The summed E-state index contributed by atoms with van der Waals surface area (Å²) in [6, 6.07) is 9.08. The van der Waals surface area contributed by atoms with E-state index in [1.807, 2.05) is 12.1 Å². The quantitative estimate of drug-likeness (QED) is 0.424. The average Bonchev–Trinajstić information content (AvgIpc) is 2.63. The van der Waals surface area contributed by atoms with Crippen molar-refractivity contribution in [3.8, 4) is 11.5 Å². The van der Waals surface area contributed by atoms with Crippen LogP contribution >= 0.6 is 35.4 Å². The van der Waals surface area contributed by atoms with Crippen LogP contribution in [-0.2, 0) is 12.8 Å². The molecule has 3 rings (SSSR count). The highest BCUT2D eigenvalue weighted by Crippen LogP contribution is 2.40. The van der Waals surface area contributed by atoms with Crippen molar-refractivity contribution in [2.24, 2.45) is 5.92 Å². The largest absolute Gasteiger partial charge is 0.504 e. The summed E-state index contributed by atoms with van der Waals surface area (Å²) in [5, 5.41) is 21.2. The molecule has 2 aromatic rings. The highest BCUT2D eigenvalue weighted by Gasteiger charge is 2.32. The third-order valence-electron chi connectivity index (χ3n) is 5.32. The molecule has 0 aromatic heterocycles. The molecule has 1 aliphatic heterocycles. The summed E-state index contributed by atoms with van der Waals surface area (Å²) >= 11 is 18.0. The Balaban J connectivity index is 1.71. The number of benzene rings is 2. The number of fused-ring (bicyclic) bond motifs is 1. The van der Waals surface area contributed by atoms with Gasteiger partial charge in [-0.25, -0.2) is 0 Å². The summed E-state index contributed by atoms with van der Waals surface area (Å²) in [5.41, 5.74) is 3.22. The highest BCUT2D eigenvalue weighted by molar-refractivity contribution is 7.80. The second kappa shape index (κ2) is 8.89. The number of halogens is 2. The minimum Gasteiger partial charge on any atom is -0.504 e. The van der Waals surface area contributed by atoms with Gasteiger partial charge in [-0.05, 0) is 72.6 Å². The lowest BCUT2D eigenvalue weighted by Gasteiger charge is -2.41. The molecule has 1 atom stereocenters. The molecule has 0 aliphatic carbocycles. The molecule has 0 radical (unpaired) electrons. The molecular formula is C22H25Cl2NO2S. The second-order valence-corrected chi connectivity index (χ2v) is 8.97. The van der Waals surface area contributed by atoms with Crippen molar-refractivity contribution in [2.75, 3.05) is 6.54 Å². The van der Waals surface area contributed by atoms with Crippen LogP contribution in [0.3, 0.4) is 0 Å². The molecule has 2 aromatic carbocycles. The van der Waals surface area contributed by atoms with E-state index >= 15 is 0 Å². The van der Waals surface area contributed by atoms with Gasteiger partial charge in [-0.3, -0.25) is 0 Å². The normalized spacial score (nSPS) is 16.3. The van der Waals surface area contributed by atoms with E-state index in [4.69, 9.17) is 35.4 Å². The number of aryl methyl sites for hydroxylation is 1. The highest BCUT2D eigenvalue weighted by atomic mass is 35.5. The van der Waals surface area contributed by atoms with E-state index in [9.17, 15) is 10.2 Å². The zero-order valence-electron chi connectivity index (χ0n) is 16.1. The molecule has 0 spiro atoms. The lowest BCUT2D eigenvalue weighted by molar-refractivity contribution is 0.235. The van der Waals surface area contributed by atoms with Crippen LogP contribution in [0.25, 0.3) is 0 Å². The van der Waals surface area contributed by atoms with Gasteiger partial charge in [0.15, 0.2) is 11.5 Å². The van der Waals surface area contributed by atoms with E-state index in [0.717, 1.165) is 53.9 Å². The molecule has 150 valence electrons. The molecular weight excluding hydrogens is 413 g/mol. The van der Waals surface area contributed by atoms with E-state index in [2.05, 4.69) is 18.7 Å². The maximum absolute atomic E-state index is 9.99. The van der Waals surface area contributed by atoms with Gasteiger partial charge in [-0.15, -0.1) is 0 Å². The van der Waals surface area contributed by atoms with Gasteiger partial charge >= 0.3 is 0 Å². The van der Waals surface area contributed by atoms with Crippen molar-refractivity contribution in [1.82, 2.24) is 4.90 Å². The Bertz CT molecular complexity index is 885. The van der Waals surface area contributed by atoms with Gasteiger partial charge in [-0.1, -0.05) is 55.3 Å². The molecule has 1 heterocycles. The van der Waals surface area contributed by atoms with E-state index in [-0.39, 0.29) is 17.5 Å². The van der Waals surface area contributed by atoms with Crippen LogP contribution in [0.1, 0.15) is 49.4 Å². The Morgan fingerprint density at radius 2 is 1.89 bits per heavy atom. The molecule has 0 saturated heterocycles. The fourth-order valence-corrected chi connectivity index (χ4v) is 4.83. The maximum Gasteiger partial charge on any atom is 0.157 e. The molecule has 1 unspecified atom stereocenters. The number of phenolic OH excluding ortho intramolecular Hbond substituents is 2. The third kappa shape index (κ3) is 4.56. The summed E-state index contributed by atoms with van der Waals surface area (Å²) in [5.74, 6) is 0.193. The Labute approximate surface area is 181 Å². The van der Waals surface area contributed by atoms with Crippen molar-refractivity contribution in [2.45, 2.75) is 45.6 Å². The fourth-order valence-electron chi connectivity index (χ4n) is 3.97. The number of aromatic hydroxyl groups is 2. The Kier molecular flexibility index (Phi) is 6.74. The summed E-state index contributed by atoms with van der Waals surface area (Å²) in [6.45, 7) is 5.14. The van der Waals surface area contributed by atoms with Gasteiger partial charge in [0, 0.05) is 16.6 Å². The monoisotopic (exact) mass is 437 g/mol. The molecule has 3 nitrogen and oxygen atoms in total. The van der Waals surface area contributed by atoms with E-state index in [0.29, 0.717) is 16.0 Å². The average molecular weight is 438 g/mol. The van der Waals surface area contributed by atoms with E-state index < -0.39 is 0 Å². The first kappa shape index (κ1) is 21.2. The first-order chi connectivity index (χ1) is 13.3. The number of nitrogens with zero attached hydrogens (tertiary/aromatic N) is 1. The lowest BCUT2D eigenvalue weighted by atomic mass is 9.85. The van der Waals surface area contributed by atoms with Crippen molar-refractivity contribution in [3.63, 3.8) is 0 Å². The van der Waals surface area contributed by atoms with Crippen molar-refractivity contribution in [1.29, 1.82) is 0 Å². The summed E-state index contributed by atoms with van der Waals surface area (Å²) in [7, 11) is 0. The van der Waals surface area contributed by atoms with Crippen LogP contribution in [0, 0.1) is 5.92 Å². The standard InChI is InChI=1S/C22H25Cl2NO2S/c1-13(2)22-17-12-20(27)19(26)10-15(17)8-9-25(22)21(28)5-3-4-14-6-7-16(23)11-18(14)24/h6-7,10-13,22,26-27H,3-5,8-9H2,1-2H3. The Hall–Kier alpha value is -1.49. The van der Waals surface area contributed by atoms with E-state index in [1.54, 1.807) is 18.2 Å². The lowest BCUT2D eigenvalue weighted by Crippen LogP contribution is -2.41. The van der Waals surface area contributed by atoms with Crippen molar-refractivity contribution >= 4 is 40.4 Å². The summed E-state index contributed by atoms with van der Waals surface area (Å²) in [6.07, 6.45) is 3.36. The minimum absolute atomic E-state index is 0.0582. The van der Waals surface area contributed by atoms with Gasteiger partial charge in [0.2, 0.25) is 0 Å². The third-order valence-corrected chi connectivity index (χ3v) is 6.34. The number of rotatable bonds is 5. The summed E-state index contributed by atoms with van der Waals surface area (Å²) < 4.78 is 0. The zero-order chi connectivity index (χ0) is 20.4. The van der Waals surface area contributed by atoms with Gasteiger partial charge in [0.25, 0.3) is 0 Å². The Morgan fingerprint density at radius 3 is 2.57 bits per heavy atom. The molecule has 1 aliphatic rings. The van der Waals surface area contributed by atoms with Gasteiger partial charge < -0.3 is 15.1 Å². The van der Waals surface area contributed by atoms with Crippen LogP contribution in [0.5, 0.6) is 11.5 Å². The minimum atomic E-state index is -0.0745. The number of hydrogen-bond donors (Lipinski definition) is 2. The second-order valence-electron chi connectivity index (χ2n) is 7.66. The van der Waals surface area contributed by atoms with Crippen LogP contribution in [-0.4, -0.2) is 26.6 Å². The van der Waals surface area contributed by atoms with Gasteiger partial charge in [0.05, 0.1) is 11.0 Å². The smallest absolute Gasteiger partial charge is 0.157 e. The molecule has 0 fully saturated rings. The van der Waals surface area contributed by atoms with Crippen LogP contribution in [0.15, 0.2) is 30.3 Å². The Morgan fingerprint density at radius 1 is 1.18 bits per heavy atom. The molecule has 0 saturated carbocycles. The molecule has 6 heteroatoms. The topological polar surface area (TPSA) is 43.7 Å². The fraction of sp³-hybridized carbons (Fsp3) is 0.409. The van der Waals surface area contributed by atoms with Crippen molar-refractivity contribution < 1.29 is 10.2 Å². The van der Waals surface area contributed by atoms with Gasteiger partial charge in [0.1, 0.15) is 0 Å². The zero-order valence-corrected chi connectivity index (χ0v) is 18.4. The molecule has 2 N–H and O–H groups in total. The van der Waals surface area contributed by atoms with Crippen LogP contribution < -0.4 is 0 Å². The van der Waals surface area contributed by atoms with E-state index in [1.165, 1.54) is 0 Å². The predicted octanol–water partition coefficient (Wildman–Crippen LogP) is 6.31. The number of hydrogen-bond acceptors (Lipinski definition) is 3. The molecule has 28 heavy (non-hydrogen) atoms. The summed E-state index contributed by atoms with van der Waals surface area (Å²) in [4.78, 5) is 3.21. The number of phenols is 2. The molecule has 0 bridgehead atoms. The first-order valence-electron chi connectivity index (χ1n) is 9.56. The SMILES string of the molecule is CC(C)C1c2cc(O)c(O)cc2CCN1C(=S)CCCc1ccc(Cl)cc1Cl. The van der Waals surface area contributed by atoms with Crippen LogP contribution in [0.2, 0.25) is 10.0 Å². The van der Waals surface area contributed by atoms with Crippen molar-refractivity contribution in [3.05, 3.63) is 57.1 Å². The predicted molar refractivity (Wildman–Crippen MR) is 120 cm³/mol. The first-order valence-corrected chi connectivity index (χ1v) is 10.7.